The highest BCUT2D eigenvalue weighted by atomic mass is 16.5. The molecule has 4 atom stereocenters. The lowest BCUT2D eigenvalue weighted by Crippen LogP contribution is -2.46. The number of aliphatic hydroxyl groups is 1. The number of aldehydes is 2. The van der Waals surface area contributed by atoms with Crippen molar-refractivity contribution in [1.29, 1.82) is 0 Å². The number of methoxy groups -OCH3 is 3. The number of hydrogen-bond donors (Lipinski definition) is 5. The third-order valence-electron chi connectivity index (χ3n) is 15.0. The van der Waals surface area contributed by atoms with Crippen LogP contribution in [0.3, 0.4) is 0 Å². The number of anilines is 5. The molecule has 3 aliphatic heterocycles. The van der Waals surface area contributed by atoms with E-state index in [0.717, 1.165) is 48.6 Å². The zero-order chi connectivity index (χ0) is 68.3. The van der Waals surface area contributed by atoms with Crippen molar-refractivity contribution in [2.24, 2.45) is 17.6 Å². The molecule has 0 spiro atoms. The maximum atomic E-state index is 13.8. The number of hydrogen-bond acceptors (Lipinski definition) is 16. The van der Waals surface area contributed by atoms with Crippen molar-refractivity contribution in [1.82, 2.24) is 10.3 Å². The fourth-order valence-electron chi connectivity index (χ4n) is 10.5. The number of aliphatic hydroxyl groups excluding tert-OH is 1. The molecule has 21 heteroatoms. The Morgan fingerprint density at radius 1 is 0.728 bits per heavy atom. The van der Waals surface area contributed by atoms with Crippen LogP contribution in [-0.4, -0.2) is 120 Å². The van der Waals surface area contributed by atoms with Crippen LogP contribution in [0.15, 0.2) is 115 Å². The van der Waals surface area contributed by atoms with E-state index in [1.54, 1.807) is 48.2 Å². The Labute approximate surface area is 543 Å². The standard InChI is InChI=1S/C34H32N4O7.C21H32N2O4.C10H13N.2C2H6.CH3NO.CH4O/c1-35-27-14-32(30(42-2)12-22(27)17-39)44-18-23-8-6-9-24(36-23)19-45-33-15-29-26(13-31(33)43-3)34(41)38-25(16-37(29)20-40)11-21-7-4-5-10-28(21)38;1-15(2)20(23-19(25)8-6-5-7-13-24)16(3)21(26)22-18-11-9-17(10-12-18)14-27-4;1-8-7-9-5-3-4-6-10(9)11(8)2;2*1-2;2-1-3;1-2/h4-10,12-15,17,20,25,35H,11,16,18-19H2,1-3H3;9-13,15-16,20H,5-8,14H2,1-4H3,(H,22,26)(H,23,25);3-6,8H,7H2,1-2H3;2*1-2H3;1H,(H2,2,3);2H,1H3/t;;8-;;;;/m..1..../s1. The largest absolute Gasteiger partial charge is 0.493 e. The van der Waals surface area contributed by atoms with Gasteiger partial charge in [0.05, 0.1) is 55.4 Å². The molecule has 0 bridgehead atoms. The molecule has 6 aromatic rings. The van der Waals surface area contributed by atoms with Gasteiger partial charge in [-0.05, 0) is 104 Å². The highest BCUT2D eigenvalue weighted by Gasteiger charge is 2.40. The lowest BCUT2D eigenvalue weighted by atomic mass is 9.90. The Morgan fingerprint density at radius 3 is 1.85 bits per heavy atom. The van der Waals surface area contributed by atoms with Crippen LogP contribution in [-0.2, 0) is 61.4 Å². The van der Waals surface area contributed by atoms with Crippen molar-refractivity contribution >= 4 is 71.6 Å². The molecule has 498 valence electrons. The van der Waals surface area contributed by atoms with E-state index >= 15 is 0 Å². The fraction of sp³-hybridized carbons (Fsp3) is 0.408. The first-order chi connectivity index (χ1) is 44.6. The van der Waals surface area contributed by atoms with E-state index in [1.165, 1.54) is 31.9 Å². The third-order valence-corrected chi connectivity index (χ3v) is 15.0. The highest BCUT2D eigenvalue weighted by Crippen LogP contribution is 2.42. The second-order valence-electron chi connectivity index (χ2n) is 21.2. The number of carbonyl (C=O) groups excluding carboxylic acids is 7. The topological polar surface area (TPSA) is 271 Å². The van der Waals surface area contributed by atoms with Gasteiger partial charge in [-0.3, -0.25) is 33.8 Å². The van der Waals surface area contributed by atoms with Gasteiger partial charge in [0.2, 0.25) is 24.6 Å². The minimum atomic E-state index is -0.373. The van der Waals surface area contributed by atoms with Gasteiger partial charge < -0.3 is 70.0 Å². The molecule has 21 nitrogen and oxygen atoms in total. The maximum Gasteiger partial charge on any atom is 0.260 e. The quantitative estimate of drug-likeness (QED) is 0.0295. The van der Waals surface area contributed by atoms with Gasteiger partial charge in [-0.15, -0.1) is 0 Å². The number of nitrogens with two attached hydrogens (primary N) is 1. The SMILES string of the molecule is CC.CC.CNc1cc(OCc2cccc(COc3cc4c(cc3OC)C(=O)N3c5ccccc5CC3CN4C=O)n2)c(OC)cc1C=O.CO.COCc1ccc(NC(=O)C(C)C(NC(=O)CCCCC=O)C(C)C)cc1.C[C@@H]1Cc2ccccc2N1C.NC=O. The minimum absolute atomic E-state index is 0.0804. The number of unbranched alkanes of at least 4 members (excludes halogenated alkanes) is 2. The molecule has 0 saturated carbocycles. The summed E-state index contributed by atoms with van der Waals surface area (Å²) >= 11 is 0. The van der Waals surface area contributed by atoms with Crippen LogP contribution < -0.4 is 55.3 Å². The number of ether oxygens (including phenoxy) is 5. The zero-order valence-corrected chi connectivity index (χ0v) is 55.9. The first kappa shape index (κ1) is 76.9. The van der Waals surface area contributed by atoms with E-state index in [1.807, 2.05) is 115 Å². The number of rotatable bonds is 23. The van der Waals surface area contributed by atoms with Crippen LogP contribution >= 0.6 is 0 Å². The van der Waals surface area contributed by atoms with Crippen LogP contribution in [0.25, 0.3) is 0 Å². The Bertz CT molecular complexity index is 3270. The molecule has 5 amide bonds. The lowest BCUT2D eigenvalue weighted by Gasteiger charge is -2.28. The summed E-state index contributed by atoms with van der Waals surface area (Å²) in [7, 11) is 9.54. The molecule has 0 fully saturated rings. The maximum absolute atomic E-state index is 13.8. The van der Waals surface area contributed by atoms with E-state index in [0.29, 0.717) is 108 Å². The van der Waals surface area contributed by atoms with E-state index in [-0.39, 0.29) is 61.3 Å². The summed E-state index contributed by atoms with van der Waals surface area (Å²) in [5, 5.41) is 15.9. The average Bonchev–Trinajstić information content (AvgIpc) is 1.60. The molecule has 92 heavy (non-hydrogen) atoms. The molecule has 0 radical (unpaired) electrons. The van der Waals surface area contributed by atoms with Crippen LogP contribution in [0.4, 0.5) is 28.4 Å². The number of fused-ring (bicyclic) bond motifs is 5. The summed E-state index contributed by atoms with van der Waals surface area (Å²) in [6, 6.07) is 36.3. The van der Waals surface area contributed by atoms with E-state index < -0.39 is 0 Å². The molecule has 5 aromatic carbocycles. The molecule has 1 aromatic heterocycles. The van der Waals surface area contributed by atoms with Crippen molar-refractivity contribution in [3.8, 4) is 23.0 Å². The number of carbonyl (C=O) groups is 7. The van der Waals surface area contributed by atoms with Crippen LogP contribution in [0.5, 0.6) is 23.0 Å². The van der Waals surface area contributed by atoms with Gasteiger partial charge in [-0.25, -0.2) is 0 Å². The number of benzene rings is 5. The molecule has 0 aliphatic carbocycles. The average molecular weight is 1270 g/mol. The van der Waals surface area contributed by atoms with Crippen molar-refractivity contribution < 1.29 is 62.4 Å². The second kappa shape index (κ2) is 41.1. The number of aromatic nitrogens is 1. The smallest absolute Gasteiger partial charge is 0.260 e. The Hall–Kier alpha value is -9.34. The number of nitrogens with one attached hydrogen (secondary N) is 3. The molecule has 3 unspecified atom stereocenters. The molecular weight excluding hydrogens is 1170 g/mol. The summed E-state index contributed by atoms with van der Waals surface area (Å²) in [5.41, 5.74) is 13.9. The Kier molecular flexibility index (Phi) is 34.4. The predicted molar refractivity (Wildman–Crippen MR) is 363 cm³/mol. The molecule has 4 heterocycles. The van der Waals surface area contributed by atoms with Gasteiger partial charge in [0.25, 0.3) is 5.91 Å². The van der Waals surface area contributed by atoms with Gasteiger partial charge in [0, 0.05) is 100 Å². The number of likely N-dealkylation sites (N-methyl/N-ethyl adjacent to an activating group) is 1. The van der Waals surface area contributed by atoms with Crippen LogP contribution in [0.2, 0.25) is 0 Å². The van der Waals surface area contributed by atoms with Gasteiger partial charge in [-0.2, -0.15) is 0 Å². The van der Waals surface area contributed by atoms with Crippen LogP contribution in [0, 0.1) is 11.8 Å². The number of pyridine rings is 1. The molecule has 0 saturated heterocycles. The number of amides is 5. The second-order valence-corrected chi connectivity index (χ2v) is 21.2. The molecule has 9 rings (SSSR count). The first-order valence-electron chi connectivity index (χ1n) is 31.0. The van der Waals surface area contributed by atoms with Crippen molar-refractivity contribution in [2.75, 3.05) is 74.4 Å². The summed E-state index contributed by atoms with van der Waals surface area (Å²) in [4.78, 5) is 91.6. The molecular formula is C71H96N8O13. The fourth-order valence-corrected chi connectivity index (χ4v) is 10.5. The van der Waals surface area contributed by atoms with Crippen molar-refractivity contribution in [3.05, 3.63) is 154 Å². The van der Waals surface area contributed by atoms with Crippen molar-refractivity contribution in [3.63, 3.8) is 0 Å². The monoisotopic (exact) mass is 1270 g/mol. The molecule has 6 N–H and O–H groups in total. The zero-order valence-electron chi connectivity index (χ0n) is 55.9. The minimum Gasteiger partial charge on any atom is -0.493 e. The van der Waals surface area contributed by atoms with E-state index in [4.69, 9.17) is 33.6 Å². The predicted octanol–water partition coefficient (Wildman–Crippen LogP) is 10.8. The highest BCUT2D eigenvalue weighted by molar-refractivity contribution is 6.13. The van der Waals surface area contributed by atoms with Gasteiger partial charge >= 0.3 is 0 Å². The Morgan fingerprint density at radius 2 is 1.30 bits per heavy atom. The number of primary amides is 1. The van der Waals surface area contributed by atoms with E-state index in [2.05, 4.69) is 69.8 Å². The van der Waals surface area contributed by atoms with Gasteiger partial charge in [-0.1, -0.05) is 103 Å². The lowest BCUT2D eigenvalue weighted by molar-refractivity contribution is -0.125. The summed E-state index contributed by atoms with van der Waals surface area (Å²) in [6.07, 6.45) is 6.70. The number of nitrogens with zero attached hydrogens (tertiary/aromatic N) is 4. The summed E-state index contributed by atoms with van der Waals surface area (Å²) < 4.78 is 28.3. The number of para-hydroxylation sites is 2. The summed E-state index contributed by atoms with van der Waals surface area (Å²) in [5.74, 6) is 0.977. The third kappa shape index (κ3) is 21.7. The summed E-state index contributed by atoms with van der Waals surface area (Å²) in [6.45, 7) is 17.2. The molecule has 3 aliphatic rings. The van der Waals surface area contributed by atoms with E-state index in [9.17, 15) is 28.8 Å². The van der Waals surface area contributed by atoms with Gasteiger partial charge in [0.15, 0.2) is 29.3 Å². The first-order valence-corrected chi connectivity index (χ1v) is 31.0. The Balaban J connectivity index is 0.000000396. The van der Waals surface area contributed by atoms with Gasteiger partial charge in [0.1, 0.15) is 19.5 Å². The van der Waals surface area contributed by atoms with Crippen LogP contribution in [0.1, 0.15) is 130 Å². The van der Waals surface area contributed by atoms with Crippen molar-refractivity contribution in [2.45, 2.75) is 132 Å². The normalized spacial score (nSPS) is 14.1.